The van der Waals surface area contributed by atoms with Crippen LogP contribution in [0.3, 0.4) is 0 Å². The molecule has 0 fully saturated rings. The van der Waals surface area contributed by atoms with Crippen LogP contribution in [-0.2, 0) is 0 Å². The number of hydrogen-bond donors (Lipinski definition) is 0. The first-order valence-electron chi connectivity index (χ1n) is 10.1. The Morgan fingerprint density at radius 1 is 0.909 bits per heavy atom. The van der Waals surface area contributed by atoms with Crippen molar-refractivity contribution in [1.29, 1.82) is 0 Å². The van der Waals surface area contributed by atoms with Gasteiger partial charge in [-0.15, -0.1) is 0 Å². The number of amides is 2. The first-order valence-corrected chi connectivity index (χ1v) is 10.5. The van der Waals surface area contributed by atoms with Gasteiger partial charge in [0.25, 0.3) is 11.8 Å². The summed E-state index contributed by atoms with van der Waals surface area (Å²) in [6, 6.07) is 17.6. The minimum atomic E-state index is -0.334. The molecule has 0 aliphatic carbocycles. The topological polar surface area (TPSA) is 79.5 Å². The quantitative estimate of drug-likeness (QED) is 0.406. The van der Waals surface area contributed by atoms with E-state index >= 15 is 0 Å². The zero-order valence-electron chi connectivity index (χ0n) is 18.3. The smallest absolute Gasteiger partial charge is 0.260 e. The second kappa shape index (κ2) is 9.26. The first kappa shape index (κ1) is 22.2. The number of nitrogens with zero attached hydrogens (tertiary/aromatic N) is 4. The second-order valence-corrected chi connectivity index (χ2v) is 7.90. The summed E-state index contributed by atoms with van der Waals surface area (Å²) >= 11 is 6.42. The van der Waals surface area contributed by atoms with Crippen molar-refractivity contribution in [2.45, 2.75) is 6.92 Å². The highest BCUT2D eigenvalue weighted by atomic mass is 35.5. The van der Waals surface area contributed by atoms with Crippen LogP contribution in [0.2, 0.25) is 5.02 Å². The van der Waals surface area contributed by atoms with E-state index in [4.69, 9.17) is 16.1 Å². The summed E-state index contributed by atoms with van der Waals surface area (Å²) in [4.78, 5) is 33.2. The fraction of sp³-hybridized carbons (Fsp3) is 0.120. The molecule has 0 aliphatic rings. The zero-order chi connectivity index (χ0) is 23.5. The lowest BCUT2D eigenvalue weighted by atomic mass is 10.0. The molecule has 0 spiro atoms. The maximum absolute atomic E-state index is 13.2. The molecule has 4 aromatic rings. The van der Waals surface area contributed by atoms with Crippen molar-refractivity contribution in [3.63, 3.8) is 0 Å². The number of rotatable bonds is 5. The Kier molecular flexibility index (Phi) is 6.24. The number of halogens is 1. The minimum absolute atomic E-state index is 0.181. The van der Waals surface area contributed by atoms with Gasteiger partial charge in [0, 0.05) is 43.2 Å². The Morgan fingerprint density at radius 3 is 2.39 bits per heavy atom. The summed E-state index contributed by atoms with van der Waals surface area (Å²) in [6.07, 6.45) is 3.19. The van der Waals surface area contributed by atoms with Crippen LogP contribution in [0.25, 0.3) is 11.3 Å². The highest BCUT2D eigenvalue weighted by Crippen LogP contribution is 2.29. The van der Waals surface area contributed by atoms with Crippen LogP contribution < -0.4 is 9.80 Å². The highest BCUT2D eigenvalue weighted by Gasteiger charge is 2.21. The van der Waals surface area contributed by atoms with Crippen molar-refractivity contribution in [1.82, 2.24) is 10.1 Å². The van der Waals surface area contributed by atoms with E-state index in [1.165, 1.54) is 22.1 Å². The SMILES string of the molecule is Cc1ccc(N(C)C(=O)c2ccc(C(=O)N(C)c3ccno3)cc2Cl)cc1-c1ccccn1. The summed E-state index contributed by atoms with van der Waals surface area (Å²) in [5.74, 6) is -0.322. The Hall–Kier alpha value is -3.97. The third kappa shape index (κ3) is 4.49. The third-order valence-corrected chi connectivity index (χ3v) is 5.67. The van der Waals surface area contributed by atoms with E-state index in [0.29, 0.717) is 17.1 Å². The number of carbonyl (C=O) groups excluding carboxylic acids is 2. The number of aryl methyl sites for hydroxylation is 1. The molecule has 7 nitrogen and oxygen atoms in total. The van der Waals surface area contributed by atoms with Crippen LogP contribution in [0.1, 0.15) is 26.3 Å². The first-order chi connectivity index (χ1) is 15.9. The van der Waals surface area contributed by atoms with Crippen molar-refractivity contribution >= 4 is 35.0 Å². The molecule has 0 bridgehead atoms. The lowest BCUT2D eigenvalue weighted by Crippen LogP contribution is -2.28. The second-order valence-electron chi connectivity index (χ2n) is 7.49. The van der Waals surface area contributed by atoms with E-state index in [0.717, 1.165) is 16.8 Å². The van der Waals surface area contributed by atoms with Gasteiger partial charge in [-0.2, -0.15) is 0 Å². The molecular weight excluding hydrogens is 440 g/mol. The predicted octanol–water partition coefficient (Wildman–Crippen LogP) is 5.25. The molecule has 2 aromatic carbocycles. The van der Waals surface area contributed by atoms with E-state index in [9.17, 15) is 9.59 Å². The van der Waals surface area contributed by atoms with Crippen LogP contribution in [-0.4, -0.2) is 36.1 Å². The van der Waals surface area contributed by atoms with Crippen LogP contribution in [0.15, 0.2) is 77.6 Å². The lowest BCUT2D eigenvalue weighted by Gasteiger charge is -2.20. The average Bonchev–Trinajstić information content (AvgIpc) is 3.38. The fourth-order valence-electron chi connectivity index (χ4n) is 3.41. The Balaban J connectivity index is 1.59. The van der Waals surface area contributed by atoms with Gasteiger partial charge in [-0.25, -0.2) is 0 Å². The van der Waals surface area contributed by atoms with Crippen molar-refractivity contribution in [3.05, 3.63) is 94.8 Å². The number of hydrogen-bond acceptors (Lipinski definition) is 5. The van der Waals surface area contributed by atoms with Gasteiger partial charge >= 0.3 is 0 Å². The molecule has 2 heterocycles. The molecule has 166 valence electrons. The molecular formula is C25H21ClN4O3. The number of benzene rings is 2. The summed E-state index contributed by atoms with van der Waals surface area (Å²) in [5.41, 5.74) is 4.14. The summed E-state index contributed by atoms with van der Waals surface area (Å²) in [6.45, 7) is 2.00. The van der Waals surface area contributed by atoms with Gasteiger partial charge in [0.2, 0.25) is 5.88 Å². The molecule has 0 radical (unpaired) electrons. The summed E-state index contributed by atoms with van der Waals surface area (Å²) in [7, 11) is 3.25. The van der Waals surface area contributed by atoms with Crippen LogP contribution in [0, 0.1) is 6.92 Å². The normalized spacial score (nSPS) is 10.7. The summed E-state index contributed by atoms with van der Waals surface area (Å²) in [5, 5.41) is 3.79. The van der Waals surface area contributed by atoms with Gasteiger partial charge in [0.1, 0.15) is 0 Å². The molecule has 2 aromatic heterocycles. The molecule has 0 saturated heterocycles. The van der Waals surface area contributed by atoms with Gasteiger partial charge in [-0.1, -0.05) is 28.9 Å². The molecule has 4 rings (SSSR count). The van der Waals surface area contributed by atoms with E-state index in [1.54, 1.807) is 38.5 Å². The van der Waals surface area contributed by atoms with Crippen molar-refractivity contribution in [3.8, 4) is 11.3 Å². The van der Waals surface area contributed by atoms with Gasteiger partial charge in [0.05, 0.1) is 22.5 Å². The van der Waals surface area contributed by atoms with E-state index in [-0.39, 0.29) is 22.4 Å². The lowest BCUT2D eigenvalue weighted by molar-refractivity contribution is 0.0978. The molecule has 0 atom stereocenters. The number of carbonyl (C=O) groups is 2. The maximum Gasteiger partial charge on any atom is 0.260 e. The molecule has 0 saturated carbocycles. The van der Waals surface area contributed by atoms with Gasteiger partial charge in [-0.05, 0) is 55.0 Å². The molecule has 0 N–H and O–H groups in total. The average molecular weight is 461 g/mol. The molecule has 0 unspecified atom stereocenters. The zero-order valence-corrected chi connectivity index (χ0v) is 19.1. The molecule has 0 aliphatic heterocycles. The van der Waals surface area contributed by atoms with Crippen LogP contribution >= 0.6 is 11.6 Å². The third-order valence-electron chi connectivity index (χ3n) is 5.36. The van der Waals surface area contributed by atoms with E-state index < -0.39 is 0 Å². The number of aromatic nitrogens is 2. The van der Waals surface area contributed by atoms with Crippen molar-refractivity contribution in [2.24, 2.45) is 0 Å². The largest absolute Gasteiger partial charge is 0.338 e. The number of pyridine rings is 1. The molecule has 8 heteroatoms. The highest BCUT2D eigenvalue weighted by molar-refractivity contribution is 6.35. The monoisotopic (exact) mass is 460 g/mol. The van der Waals surface area contributed by atoms with Gasteiger partial charge < -0.3 is 9.42 Å². The summed E-state index contributed by atoms with van der Waals surface area (Å²) < 4.78 is 5.02. The van der Waals surface area contributed by atoms with E-state index in [2.05, 4.69) is 10.1 Å². The Morgan fingerprint density at radius 2 is 1.73 bits per heavy atom. The van der Waals surface area contributed by atoms with E-state index in [1.807, 2.05) is 43.3 Å². The number of anilines is 2. The van der Waals surface area contributed by atoms with Crippen molar-refractivity contribution in [2.75, 3.05) is 23.9 Å². The maximum atomic E-state index is 13.2. The van der Waals surface area contributed by atoms with Gasteiger partial charge in [0.15, 0.2) is 0 Å². The Labute approximate surface area is 196 Å². The molecule has 2 amide bonds. The standard InChI is InChI=1S/C25H21ClN4O3/c1-16-7-9-18(15-20(16)22-6-4-5-12-27-22)29(2)25(32)19-10-8-17(14-21(19)26)24(31)30(3)23-11-13-28-33-23/h4-15H,1-3H3. The van der Waals surface area contributed by atoms with Crippen LogP contribution in [0.5, 0.6) is 0 Å². The molecule has 33 heavy (non-hydrogen) atoms. The minimum Gasteiger partial charge on any atom is -0.338 e. The Bertz CT molecular complexity index is 1310. The fourth-order valence-corrected chi connectivity index (χ4v) is 3.67. The van der Waals surface area contributed by atoms with Crippen LogP contribution in [0.4, 0.5) is 11.6 Å². The van der Waals surface area contributed by atoms with Crippen molar-refractivity contribution < 1.29 is 14.1 Å². The predicted molar refractivity (Wildman–Crippen MR) is 128 cm³/mol. The van der Waals surface area contributed by atoms with Gasteiger partial charge in [-0.3, -0.25) is 19.5 Å².